The summed E-state index contributed by atoms with van der Waals surface area (Å²) in [6, 6.07) is 0. The van der Waals surface area contributed by atoms with E-state index in [2.05, 4.69) is 18.7 Å². The zero-order valence-electron chi connectivity index (χ0n) is 8.20. The minimum absolute atomic E-state index is 0.451. The van der Waals surface area contributed by atoms with Crippen molar-refractivity contribution in [1.82, 2.24) is 0 Å². The van der Waals surface area contributed by atoms with Crippen LogP contribution in [0.25, 0.3) is 0 Å². The van der Waals surface area contributed by atoms with Crippen molar-refractivity contribution in [2.45, 2.75) is 42.8 Å². The van der Waals surface area contributed by atoms with E-state index >= 15 is 0 Å². The highest BCUT2D eigenvalue weighted by Gasteiger charge is 2.28. The Morgan fingerprint density at radius 2 is 2.15 bits per heavy atom. The second-order valence-corrected chi connectivity index (χ2v) is 5.42. The maximum absolute atomic E-state index is 5.55. The molecule has 76 valence electrons. The van der Waals surface area contributed by atoms with Gasteiger partial charge in [-0.2, -0.15) is 0 Å². The summed E-state index contributed by atoms with van der Waals surface area (Å²) in [6.45, 7) is 5.06. The molecule has 2 heterocycles. The van der Waals surface area contributed by atoms with E-state index in [0.717, 1.165) is 25.1 Å². The Hall–Kier alpha value is 0.270. The minimum atomic E-state index is 0.451. The molecule has 0 N–H and O–H groups in total. The fourth-order valence-corrected chi connectivity index (χ4v) is 3.46. The van der Waals surface area contributed by atoms with Crippen LogP contribution < -0.4 is 0 Å². The van der Waals surface area contributed by atoms with Gasteiger partial charge in [-0.3, -0.25) is 0 Å². The predicted molar refractivity (Wildman–Crippen MR) is 55.3 cm³/mol. The summed E-state index contributed by atoms with van der Waals surface area (Å²) in [6.07, 6.45) is 4.24. The van der Waals surface area contributed by atoms with Gasteiger partial charge >= 0.3 is 0 Å². The van der Waals surface area contributed by atoms with Gasteiger partial charge in [-0.05, 0) is 26.2 Å². The highest BCUT2D eigenvalue weighted by Crippen LogP contribution is 2.32. The highest BCUT2D eigenvalue weighted by molar-refractivity contribution is 8.00. The lowest BCUT2D eigenvalue weighted by molar-refractivity contribution is 0.101. The first-order valence-electron chi connectivity index (χ1n) is 5.21. The summed E-state index contributed by atoms with van der Waals surface area (Å²) < 4.78 is 11.0. The summed E-state index contributed by atoms with van der Waals surface area (Å²) in [7, 11) is 0. The van der Waals surface area contributed by atoms with E-state index in [-0.39, 0.29) is 0 Å². The molecule has 0 aromatic heterocycles. The van der Waals surface area contributed by atoms with Crippen LogP contribution >= 0.6 is 11.8 Å². The second kappa shape index (κ2) is 4.67. The van der Waals surface area contributed by atoms with Crippen molar-refractivity contribution in [3.63, 3.8) is 0 Å². The topological polar surface area (TPSA) is 18.5 Å². The van der Waals surface area contributed by atoms with E-state index < -0.39 is 0 Å². The number of ether oxygens (including phenoxy) is 2. The normalized spacial score (nSPS) is 40.8. The van der Waals surface area contributed by atoms with Gasteiger partial charge in [-0.25, -0.2) is 0 Å². The van der Waals surface area contributed by atoms with Crippen LogP contribution in [0.15, 0.2) is 0 Å². The number of hydrogen-bond donors (Lipinski definition) is 0. The van der Waals surface area contributed by atoms with Gasteiger partial charge in [-0.1, -0.05) is 0 Å². The Bertz CT molecular complexity index is 157. The average molecular weight is 202 g/mol. The van der Waals surface area contributed by atoms with Gasteiger partial charge < -0.3 is 9.47 Å². The van der Waals surface area contributed by atoms with Crippen LogP contribution in [0.2, 0.25) is 0 Å². The first kappa shape index (κ1) is 9.81. The largest absolute Gasteiger partial charge is 0.380 e. The fourth-order valence-electron chi connectivity index (χ4n) is 1.96. The summed E-state index contributed by atoms with van der Waals surface area (Å²) in [4.78, 5) is 0. The van der Waals surface area contributed by atoms with Crippen molar-refractivity contribution in [3.05, 3.63) is 0 Å². The van der Waals surface area contributed by atoms with Crippen molar-refractivity contribution < 1.29 is 9.47 Å². The van der Waals surface area contributed by atoms with Crippen LogP contribution in [0, 0.1) is 0 Å². The summed E-state index contributed by atoms with van der Waals surface area (Å²) in [5, 5.41) is 1.44. The number of rotatable bonds is 2. The second-order valence-electron chi connectivity index (χ2n) is 3.88. The van der Waals surface area contributed by atoms with Crippen LogP contribution in [-0.2, 0) is 9.47 Å². The zero-order valence-corrected chi connectivity index (χ0v) is 9.02. The lowest BCUT2D eigenvalue weighted by Crippen LogP contribution is -2.24. The van der Waals surface area contributed by atoms with E-state index in [0.29, 0.717) is 11.4 Å². The van der Waals surface area contributed by atoms with Crippen molar-refractivity contribution >= 4 is 11.8 Å². The standard InChI is InChI=1S/C10H18O2S/c1-8-10(4-6-12-8)13-9-3-2-5-11-7-9/h8-10H,2-7H2,1H3. The Morgan fingerprint density at radius 3 is 2.77 bits per heavy atom. The third-order valence-electron chi connectivity index (χ3n) is 2.79. The van der Waals surface area contributed by atoms with Crippen LogP contribution in [0.5, 0.6) is 0 Å². The van der Waals surface area contributed by atoms with E-state index in [9.17, 15) is 0 Å². The third-order valence-corrected chi connectivity index (χ3v) is 4.52. The molecule has 0 saturated carbocycles. The van der Waals surface area contributed by atoms with Gasteiger partial charge in [0, 0.05) is 23.7 Å². The van der Waals surface area contributed by atoms with E-state index in [1.54, 1.807) is 0 Å². The molecule has 0 aromatic carbocycles. The van der Waals surface area contributed by atoms with E-state index in [1.807, 2.05) is 0 Å². The lowest BCUT2D eigenvalue weighted by Gasteiger charge is -2.25. The van der Waals surface area contributed by atoms with Gasteiger partial charge in [0.15, 0.2) is 0 Å². The molecule has 2 nitrogen and oxygen atoms in total. The molecule has 2 rings (SSSR count). The van der Waals surface area contributed by atoms with Crippen molar-refractivity contribution in [1.29, 1.82) is 0 Å². The number of thioether (sulfide) groups is 1. The molecule has 0 bridgehead atoms. The van der Waals surface area contributed by atoms with E-state index in [1.165, 1.54) is 19.3 Å². The maximum Gasteiger partial charge on any atom is 0.0666 e. The Morgan fingerprint density at radius 1 is 1.23 bits per heavy atom. The molecule has 2 fully saturated rings. The molecule has 2 aliphatic heterocycles. The zero-order chi connectivity index (χ0) is 9.10. The predicted octanol–water partition coefficient (Wildman–Crippen LogP) is 2.08. The quantitative estimate of drug-likeness (QED) is 0.683. The highest BCUT2D eigenvalue weighted by atomic mass is 32.2. The van der Waals surface area contributed by atoms with Crippen LogP contribution in [0.1, 0.15) is 26.2 Å². The van der Waals surface area contributed by atoms with Crippen LogP contribution in [0.3, 0.4) is 0 Å². The first-order chi connectivity index (χ1) is 6.36. The third kappa shape index (κ3) is 2.61. The molecule has 0 spiro atoms. The number of hydrogen-bond acceptors (Lipinski definition) is 3. The summed E-state index contributed by atoms with van der Waals surface area (Å²) >= 11 is 2.09. The van der Waals surface area contributed by atoms with Gasteiger partial charge in [0.25, 0.3) is 0 Å². The van der Waals surface area contributed by atoms with Crippen molar-refractivity contribution in [2.24, 2.45) is 0 Å². The molecule has 2 saturated heterocycles. The van der Waals surface area contributed by atoms with Gasteiger partial charge in [0.2, 0.25) is 0 Å². The van der Waals surface area contributed by atoms with Gasteiger partial charge in [0.05, 0.1) is 12.7 Å². The molecule has 3 heteroatoms. The molecule has 0 aliphatic carbocycles. The molecular formula is C10H18O2S. The van der Waals surface area contributed by atoms with Gasteiger partial charge in [0.1, 0.15) is 0 Å². The van der Waals surface area contributed by atoms with Crippen molar-refractivity contribution in [3.8, 4) is 0 Å². The Kier molecular flexibility index (Phi) is 3.52. The smallest absolute Gasteiger partial charge is 0.0666 e. The molecule has 3 unspecified atom stereocenters. The maximum atomic E-state index is 5.55. The fraction of sp³-hybridized carbons (Fsp3) is 1.00. The SMILES string of the molecule is CC1OCCC1SC1CCCOC1. The molecule has 0 aromatic rings. The van der Waals surface area contributed by atoms with Gasteiger partial charge in [-0.15, -0.1) is 11.8 Å². The summed E-state index contributed by atoms with van der Waals surface area (Å²) in [5.74, 6) is 0. The molecular weight excluding hydrogens is 184 g/mol. The molecule has 0 amide bonds. The van der Waals surface area contributed by atoms with E-state index in [4.69, 9.17) is 9.47 Å². The molecule has 0 radical (unpaired) electrons. The lowest BCUT2D eigenvalue weighted by atomic mass is 10.2. The monoisotopic (exact) mass is 202 g/mol. The van der Waals surface area contributed by atoms with Crippen LogP contribution in [0.4, 0.5) is 0 Å². The van der Waals surface area contributed by atoms with Crippen LogP contribution in [-0.4, -0.2) is 36.4 Å². The minimum Gasteiger partial charge on any atom is -0.380 e. The Balaban J connectivity index is 1.75. The molecule has 3 atom stereocenters. The molecule has 13 heavy (non-hydrogen) atoms. The summed E-state index contributed by atoms with van der Waals surface area (Å²) in [5.41, 5.74) is 0. The molecule has 2 aliphatic rings. The Labute approximate surface area is 84.4 Å². The van der Waals surface area contributed by atoms with Crippen molar-refractivity contribution in [2.75, 3.05) is 19.8 Å². The first-order valence-corrected chi connectivity index (χ1v) is 6.15. The average Bonchev–Trinajstić information content (AvgIpc) is 2.54.